The molecule has 0 atom stereocenters. The minimum Gasteiger partial charge on any atom is -0.493 e. The van der Waals surface area contributed by atoms with Gasteiger partial charge in [-0.15, -0.1) is 0 Å². The van der Waals surface area contributed by atoms with Gasteiger partial charge in [-0.1, -0.05) is 13.8 Å². The molecule has 0 saturated heterocycles. The number of hydrogen-bond acceptors (Lipinski definition) is 5. The molecule has 6 nitrogen and oxygen atoms in total. The van der Waals surface area contributed by atoms with Crippen molar-refractivity contribution in [1.82, 2.24) is 14.9 Å². The van der Waals surface area contributed by atoms with Gasteiger partial charge < -0.3 is 9.47 Å². The zero-order valence-electron chi connectivity index (χ0n) is 15.4. The molecule has 7 heteroatoms. The Kier molecular flexibility index (Phi) is 6.75. The SMILES string of the molecule is CCC(CC)c1n[nH]c(=S)n1/N=C\c1ccc(OC)c(OC(C)C)c1. The first-order valence-electron chi connectivity index (χ1n) is 8.56. The standard InChI is InChI=1S/C18H26N4O2S/c1-6-14(7-2)17-20-21-18(25)22(17)19-11-13-8-9-15(23-5)16(10-13)24-12(3)4/h8-12,14H,6-7H2,1-5H3,(H,21,25)/b19-11-. The quantitative estimate of drug-likeness (QED) is 0.554. The first kappa shape index (κ1) is 19.2. The number of hydrogen-bond donors (Lipinski definition) is 1. The van der Waals surface area contributed by atoms with Crippen LogP contribution in [0, 0.1) is 4.77 Å². The van der Waals surface area contributed by atoms with Crippen LogP contribution in [0.5, 0.6) is 11.5 Å². The van der Waals surface area contributed by atoms with E-state index < -0.39 is 0 Å². The second-order valence-electron chi connectivity index (χ2n) is 6.03. The molecule has 0 spiro atoms. The molecule has 25 heavy (non-hydrogen) atoms. The number of nitrogens with zero attached hydrogens (tertiary/aromatic N) is 3. The van der Waals surface area contributed by atoms with Gasteiger partial charge in [0, 0.05) is 5.92 Å². The van der Waals surface area contributed by atoms with Crippen LogP contribution in [0.3, 0.4) is 0 Å². The van der Waals surface area contributed by atoms with E-state index >= 15 is 0 Å². The lowest BCUT2D eigenvalue weighted by Gasteiger charge is -2.14. The van der Waals surface area contributed by atoms with E-state index in [9.17, 15) is 0 Å². The summed E-state index contributed by atoms with van der Waals surface area (Å²) in [4.78, 5) is 0. The Morgan fingerprint density at radius 1 is 1.28 bits per heavy atom. The smallest absolute Gasteiger partial charge is 0.216 e. The van der Waals surface area contributed by atoms with E-state index in [1.54, 1.807) is 18.0 Å². The van der Waals surface area contributed by atoms with E-state index in [0.29, 0.717) is 22.2 Å². The summed E-state index contributed by atoms with van der Waals surface area (Å²) in [5, 5.41) is 11.7. The van der Waals surface area contributed by atoms with E-state index in [1.807, 2.05) is 32.0 Å². The summed E-state index contributed by atoms with van der Waals surface area (Å²) in [5.74, 6) is 2.57. The molecule has 1 heterocycles. The largest absolute Gasteiger partial charge is 0.493 e. The van der Waals surface area contributed by atoms with Crippen molar-refractivity contribution < 1.29 is 9.47 Å². The average molecular weight is 362 g/mol. The summed E-state index contributed by atoms with van der Waals surface area (Å²) in [6, 6.07) is 5.70. The lowest BCUT2D eigenvalue weighted by Crippen LogP contribution is -2.07. The normalized spacial score (nSPS) is 11.6. The molecule has 136 valence electrons. The van der Waals surface area contributed by atoms with Crippen LogP contribution in [-0.4, -0.2) is 34.3 Å². The summed E-state index contributed by atoms with van der Waals surface area (Å²) < 4.78 is 13.3. The maximum atomic E-state index is 5.80. The zero-order valence-corrected chi connectivity index (χ0v) is 16.3. The number of benzene rings is 1. The third-order valence-electron chi connectivity index (χ3n) is 3.90. The van der Waals surface area contributed by atoms with E-state index in [2.05, 4.69) is 29.1 Å². The Morgan fingerprint density at radius 3 is 2.60 bits per heavy atom. The van der Waals surface area contributed by atoms with Crippen molar-refractivity contribution in [1.29, 1.82) is 0 Å². The predicted molar refractivity (Wildman–Crippen MR) is 102 cm³/mol. The Balaban J connectivity index is 2.34. The molecule has 0 aliphatic rings. The maximum Gasteiger partial charge on any atom is 0.216 e. The van der Waals surface area contributed by atoms with Crippen LogP contribution in [0.1, 0.15) is 57.8 Å². The van der Waals surface area contributed by atoms with Gasteiger partial charge in [0.15, 0.2) is 17.3 Å². The van der Waals surface area contributed by atoms with Crippen molar-refractivity contribution in [3.63, 3.8) is 0 Å². The Labute approximate surface area is 153 Å². The van der Waals surface area contributed by atoms with Crippen LogP contribution in [0.15, 0.2) is 23.3 Å². The second kappa shape index (κ2) is 8.80. The van der Waals surface area contributed by atoms with E-state index in [4.69, 9.17) is 21.7 Å². The first-order chi connectivity index (χ1) is 12.0. The maximum absolute atomic E-state index is 5.80. The summed E-state index contributed by atoms with van der Waals surface area (Å²) in [6.45, 7) is 8.23. The Hall–Kier alpha value is -2.15. The lowest BCUT2D eigenvalue weighted by molar-refractivity contribution is 0.230. The molecule has 0 amide bonds. The van der Waals surface area contributed by atoms with Gasteiger partial charge in [0.25, 0.3) is 0 Å². The minimum absolute atomic E-state index is 0.0602. The topological polar surface area (TPSA) is 64.4 Å². The molecule has 0 unspecified atom stereocenters. The number of H-pyrrole nitrogens is 1. The molecule has 2 aromatic rings. The van der Waals surface area contributed by atoms with Crippen molar-refractivity contribution in [2.24, 2.45) is 5.10 Å². The monoisotopic (exact) mass is 362 g/mol. The van der Waals surface area contributed by atoms with Gasteiger partial charge in [0.2, 0.25) is 4.77 Å². The van der Waals surface area contributed by atoms with Crippen LogP contribution >= 0.6 is 12.2 Å². The van der Waals surface area contributed by atoms with Gasteiger partial charge in [-0.05, 0) is 62.7 Å². The first-order valence-corrected chi connectivity index (χ1v) is 8.97. The predicted octanol–water partition coefficient (Wildman–Crippen LogP) is 4.52. The number of rotatable bonds is 8. The second-order valence-corrected chi connectivity index (χ2v) is 6.42. The zero-order chi connectivity index (χ0) is 18.4. The van der Waals surface area contributed by atoms with Gasteiger partial charge in [0.1, 0.15) is 0 Å². The van der Waals surface area contributed by atoms with Gasteiger partial charge in [0.05, 0.1) is 19.4 Å². The number of nitrogens with one attached hydrogen (secondary N) is 1. The van der Waals surface area contributed by atoms with E-state index in [-0.39, 0.29) is 6.10 Å². The van der Waals surface area contributed by atoms with Gasteiger partial charge in [-0.3, -0.25) is 5.10 Å². The fourth-order valence-corrected chi connectivity index (χ4v) is 2.76. The molecule has 0 aliphatic carbocycles. The molecule has 0 fully saturated rings. The third kappa shape index (κ3) is 4.69. The van der Waals surface area contributed by atoms with Crippen molar-refractivity contribution in [2.45, 2.75) is 52.6 Å². The molecule has 0 aliphatic heterocycles. The Bertz CT molecular complexity index is 776. The Morgan fingerprint density at radius 2 is 2.00 bits per heavy atom. The highest BCUT2D eigenvalue weighted by Gasteiger charge is 2.15. The number of aromatic nitrogens is 3. The van der Waals surface area contributed by atoms with Crippen molar-refractivity contribution in [2.75, 3.05) is 7.11 Å². The van der Waals surface area contributed by atoms with E-state index in [0.717, 1.165) is 24.2 Å². The van der Waals surface area contributed by atoms with Crippen molar-refractivity contribution >= 4 is 18.4 Å². The summed E-state index contributed by atoms with van der Waals surface area (Å²) >= 11 is 5.31. The molecule has 1 aromatic carbocycles. The van der Waals surface area contributed by atoms with Gasteiger partial charge >= 0.3 is 0 Å². The van der Waals surface area contributed by atoms with Gasteiger partial charge in [-0.2, -0.15) is 14.9 Å². The highest BCUT2D eigenvalue weighted by Crippen LogP contribution is 2.28. The molecule has 0 bridgehead atoms. The number of methoxy groups -OCH3 is 1. The molecule has 1 N–H and O–H groups in total. The van der Waals surface area contributed by atoms with Crippen LogP contribution in [0.25, 0.3) is 0 Å². The molecule has 0 radical (unpaired) electrons. The van der Waals surface area contributed by atoms with Crippen LogP contribution in [-0.2, 0) is 0 Å². The minimum atomic E-state index is 0.0602. The summed E-state index contributed by atoms with van der Waals surface area (Å²) in [7, 11) is 1.63. The van der Waals surface area contributed by atoms with Crippen LogP contribution in [0.2, 0.25) is 0 Å². The number of aromatic amines is 1. The third-order valence-corrected chi connectivity index (χ3v) is 4.16. The highest BCUT2D eigenvalue weighted by molar-refractivity contribution is 7.71. The molecule has 2 rings (SSSR count). The highest BCUT2D eigenvalue weighted by atomic mass is 32.1. The van der Waals surface area contributed by atoms with Crippen LogP contribution < -0.4 is 9.47 Å². The molecule has 1 aromatic heterocycles. The fourth-order valence-electron chi connectivity index (χ4n) is 2.58. The average Bonchev–Trinajstić information content (AvgIpc) is 2.95. The molecular formula is C18H26N4O2S. The lowest BCUT2D eigenvalue weighted by atomic mass is 10.0. The summed E-state index contributed by atoms with van der Waals surface area (Å²) in [5.41, 5.74) is 0.898. The van der Waals surface area contributed by atoms with Crippen molar-refractivity contribution in [3.8, 4) is 11.5 Å². The molecule has 0 saturated carbocycles. The number of ether oxygens (including phenoxy) is 2. The summed E-state index contributed by atoms with van der Waals surface area (Å²) in [6.07, 6.45) is 3.79. The van der Waals surface area contributed by atoms with E-state index in [1.165, 1.54) is 0 Å². The van der Waals surface area contributed by atoms with Crippen LogP contribution in [0.4, 0.5) is 0 Å². The molecular weight excluding hydrogens is 336 g/mol. The fraction of sp³-hybridized carbons (Fsp3) is 0.500. The van der Waals surface area contributed by atoms with Crippen molar-refractivity contribution in [3.05, 3.63) is 34.4 Å². The van der Waals surface area contributed by atoms with Gasteiger partial charge in [-0.25, -0.2) is 0 Å².